The first-order chi connectivity index (χ1) is 9.25. The summed E-state index contributed by atoms with van der Waals surface area (Å²) in [6.45, 7) is 0. The zero-order valence-electron chi connectivity index (χ0n) is 10.0. The number of H-pyrrole nitrogens is 1. The minimum atomic E-state index is -0.325. The highest BCUT2D eigenvalue weighted by atomic mass is 19.1. The standard InChI is InChI=1S/C15H11FN2O/c16-12-6-8-13(9-7-12)18-14(10-17-15(18)19)11-4-2-1-3-5-11/h1-10H,(H,17,19). The fourth-order valence-electron chi connectivity index (χ4n) is 2.04. The summed E-state index contributed by atoms with van der Waals surface area (Å²) in [7, 11) is 0. The molecular formula is C15H11FN2O. The molecule has 0 atom stereocenters. The van der Waals surface area contributed by atoms with Crippen LogP contribution in [0.4, 0.5) is 4.39 Å². The molecule has 0 saturated carbocycles. The summed E-state index contributed by atoms with van der Waals surface area (Å²) >= 11 is 0. The van der Waals surface area contributed by atoms with Crippen molar-refractivity contribution in [3.63, 3.8) is 0 Å². The van der Waals surface area contributed by atoms with Gasteiger partial charge in [-0.2, -0.15) is 0 Å². The van der Waals surface area contributed by atoms with Crippen molar-refractivity contribution >= 4 is 0 Å². The van der Waals surface area contributed by atoms with Gasteiger partial charge in [0.15, 0.2) is 0 Å². The summed E-state index contributed by atoms with van der Waals surface area (Å²) in [6.07, 6.45) is 1.65. The van der Waals surface area contributed by atoms with Crippen LogP contribution in [-0.2, 0) is 0 Å². The number of aromatic amines is 1. The molecule has 1 heterocycles. The molecule has 0 saturated heterocycles. The smallest absolute Gasteiger partial charge is 0.312 e. The number of imidazole rings is 1. The third-order valence-electron chi connectivity index (χ3n) is 2.93. The van der Waals surface area contributed by atoms with Crippen LogP contribution in [0.5, 0.6) is 0 Å². The van der Waals surface area contributed by atoms with E-state index in [-0.39, 0.29) is 11.5 Å². The Bertz CT molecular complexity index is 742. The maximum atomic E-state index is 13.0. The van der Waals surface area contributed by atoms with Crippen LogP contribution in [0.25, 0.3) is 16.9 Å². The zero-order chi connectivity index (χ0) is 13.2. The van der Waals surface area contributed by atoms with Crippen molar-refractivity contribution in [3.05, 3.63) is 77.1 Å². The predicted molar refractivity (Wildman–Crippen MR) is 71.8 cm³/mol. The average molecular weight is 254 g/mol. The highest BCUT2D eigenvalue weighted by Gasteiger charge is 2.09. The van der Waals surface area contributed by atoms with Crippen LogP contribution in [0.2, 0.25) is 0 Å². The molecule has 0 bridgehead atoms. The van der Waals surface area contributed by atoms with Crippen molar-refractivity contribution in [2.75, 3.05) is 0 Å². The van der Waals surface area contributed by atoms with Gasteiger partial charge >= 0.3 is 5.69 Å². The van der Waals surface area contributed by atoms with Crippen molar-refractivity contribution in [2.24, 2.45) is 0 Å². The van der Waals surface area contributed by atoms with E-state index >= 15 is 0 Å². The second kappa shape index (κ2) is 4.57. The molecule has 3 rings (SSSR count). The molecule has 3 aromatic rings. The van der Waals surface area contributed by atoms with Gasteiger partial charge in [0.05, 0.1) is 11.4 Å². The van der Waals surface area contributed by atoms with Gasteiger partial charge in [-0.05, 0) is 24.3 Å². The largest absolute Gasteiger partial charge is 0.330 e. The summed E-state index contributed by atoms with van der Waals surface area (Å²) in [5, 5.41) is 0. The Kier molecular flexibility index (Phi) is 2.76. The van der Waals surface area contributed by atoms with Gasteiger partial charge in [-0.3, -0.25) is 4.57 Å². The maximum absolute atomic E-state index is 13.0. The first-order valence-electron chi connectivity index (χ1n) is 5.87. The molecular weight excluding hydrogens is 243 g/mol. The van der Waals surface area contributed by atoms with Gasteiger partial charge < -0.3 is 4.98 Å². The van der Waals surface area contributed by atoms with E-state index in [0.717, 1.165) is 11.3 Å². The summed E-state index contributed by atoms with van der Waals surface area (Å²) in [4.78, 5) is 14.6. The fraction of sp³-hybridized carbons (Fsp3) is 0. The van der Waals surface area contributed by atoms with Crippen molar-refractivity contribution in [2.45, 2.75) is 0 Å². The first kappa shape index (κ1) is 11.5. The molecule has 0 radical (unpaired) electrons. The van der Waals surface area contributed by atoms with Crippen LogP contribution < -0.4 is 5.69 Å². The second-order valence-corrected chi connectivity index (χ2v) is 4.16. The summed E-state index contributed by atoms with van der Waals surface area (Å²) < 4.78 is 14.5. The summed E-state index contributed by atoms with van der Waals surface area (Å²) in [6, 6.07) is 15.4. The lowest BCUT2D eigenvalue weighted by Gasteiger charge is -2.07. The number of benzene rings is 2. The Balaban J connectivity index is 2.19. The molecule has 0 amide bonds. The zero-order valence-corrected chi connectivity index (χ0v) is 10.0. The molecule has 0 aliphatic heterocycles. The number of halogens is 1. The van der Waals surface area contributed by atoms with Gasteiger partial charge in [0.25, 0.3) is 0 Å². The third-order valence-corrected chi connectivity index (χ3v) is 2.93. The number of rotatable bonds is 2. The minimum absolute atomic E-state index is 0.245. The highest BCUT2D eigenvalue weighted by Crippen LogP contribution is 2.20. The Labute approximate surface area is 109 Å². The van der Waals surface area contributed by atoms with Crippen LogP contribution in [0.3, 0.4) is 0 Å². The SMILES string of the molecule is O=c1[nH]cc(-c2ccccc2)n1-c1ccc(F)cc1. The molecule has 2 aromatic carbocycles. The molecule has 94 valence electrons. The Hall–Kier alpha value is -2.62. The molecule has 0 aliphatic carbocycles. The van der Waals surface area contributed by atoms with Crippen LogP contribution in [-0.4, -0.2) is 9.55 Å². The molecule has 1 aromatic heterocycles. The molecule has 0 aliphatic rings. The quantitative estimate of drug-likeness (QED) is 0.750. The van der Waals surface area contributed by atoms with Crippen molar-refractivity contribution in [3.8, 4) is 16.9 Å². The van der Waals surface area contributed by atoms with Gasteiger partial charge in [0, 0.05) is 11.8 Å². The molecule has 0 spiro atoms. The molecule has 0 unspecified atom stereocenters. The van der Waals surface area contributed by atoms with Gasteiger partial charge in [-0.15, -0.1) is 0 Å². The first-order valence-corrected chi connectivity index (χ1v) is 5.87. The summed E-state index contributed by atoms with van der Waals surface area (Å²) in [5.41, 5.74) is 2.05. The van der Waals surface area contributed by atoms with Gasteiger partial charge in [0.2, 0.25) is 0 Å². The number of nitrogens with zero attached hydrogens (tertiary/aromatic N) is 1. The molecule has 1 N–H and O–H groups in total. The molecule has 3 nitrogen and oxygen atoms in total. The number of aromatic nitrogens is 2. The molecule has 0 fully saturated rings. The van der Waals surface area contributed by atoms with Gasteiger partial charge in [0.1, 0.15) is 5.82 Å². The van der Waals surface area contributed by atoms with E-state index in [1.165, 1.54) is 16.7 Å². The Morgan fingerprint density at radius 1 is 0.947 bits per heavy atom. The second-order valence-electron chi connectivity index (χ2n) is 4.16. The van der Waals surface area contributed by atoms with Gasteiger partial charge in [-0.25, -0.2) is 9.18 Å². The molecule has 4 heteroatoms. The van der Waals surface area contributed by atoms with Crippen LogP contribution in [0.15, 0.2) is 65.6 Å². The minimum Gasteiger partial charge on any atom is -0.312 e. The van der Waals surface area contributed by atoms with Crippen LogP contribution >= 0.6 is 0 Å². The Morgan fingerprint density at radius 2 is 1.63 bits per heavy atom. The fourth-order valence-corrected chi connectivity index (χ4v) is 2.04. The lowest BCUT2D eigenvalue weighted by molar-refractivity contribution is 0.627. The number of hydrogen-bond donors (Lipinski definition) is 1. The molecule has 19 heavy (non-hydrogen) atoms. The van der Waals surface area contributed by atoms with E-state index in [1.807, 2.05) is 30.3 Å². The average Bonchev–Trinajstić information content (AvgIpc) is 2.83. The maximum Gasteiger partial charge on any atom is 0.330 e. The summed E-state index contributed by atoms with van der Waals surface area (Å²) in [5.74, 6) is -0.325. The van der Waals surface area contributed by atoms with E-state index in [0.29, 0.717) is 5.69 Å². The normalized spacial score (nSPS) is 10.6. The number of hydrogen-bond acceptors (Lipinski definition) is 1. The van der Waals surface area contributed by atoms with Crippen LogP contribution in [0.1, 0.15) is 0 Å². The highest BCUT2D eigenvalue weighted by molar-refractivity contribution is 5.61. The van der Waals surface area contributed by atoms with Crippen molar-refractivity contribution in [1.82, 2.24) is 9.55 Å². The lowest BCUT2D eigenvalue weighted by Crippen LogP contribution is -2.15. The van der Waals surface area contributed by atoms with E-state index in [2.05, 4.69) is 4.98 Å². The van der Waals surface area contributed by atoms with E-state index < -0.39 is 0 Å². The van der Waals surface area contributed by atoms with E-state index in [1.54, 1.807) is 18.3 Å². The van der Waals surface area contributed by atoms with E-state index in [9.17, 15) is 9.18 Å². The monoisotopic (exact) mass is 254 g/mol. The number of nitrogens with one attached hydrogen (secondary N) is 1. The predicted octanol–water partition coefficient (Wildman–Crippen LogP) is 2.97. The van der Waals surface area contributed by atoms with E-state index in [4.69, 9.17) is 0 Å². The van der Waals surface area contributed by atoms with Gasteiger partial charge in [-0.1, -0.05) is 30.3 Å². The van der Waals surface area contributed by atoms with Crippen LogP contribution in [0, 0.1) is 5.82 Å². The lowest BCUT2D eigenvalue weighted by atomic mass is 10.1. The topological polar surface area (TPSA) is 37.8 Å². The third kappa shape index (κ3) is 2.08. The van der Waals surface area contributed by atoms with Crippen molar-refractivity contribution < 1.29 is 4.39 Å². The Morgan fingerprint density at radius 3 is 2.32 bits per heavy atom. The van der Waals surface area contributed by atoms with Crippen molar-refractivity contribution in [1.29, 1.82) is 0 Å².